The van der Waals surface area contributed by atoms with Crippen molar-refractivity contribution in [1.82, 2.24) is 4.90 Å². The van der Waals surface area contributed by atoms with Crippen LogP contribution in [0.4, 0.5) is 0 Å². The number of likely N-dealkylation sites (tertiary alicyclic amines) is 1. The molecule has 0 radical (unpaired) electrons. The lowest BCUT2D eigenvalue weighted by Crippen LogP contribution is -2.44. The Labute approximate surface area is 138 Å². The lowest BCUT2D eigenvalue weighted by molar-refractivity contribution is -0.151. The van der Waals surface area contributed by atoms with Crippen molar-refractivity contribution in [2.75, 3.05) is 26.3 Å². The van der Waals surface area contributed by atoms with Crippen LogP contribution in [0.15, 0.2) is 28.7 Å². The number of rotatable bonds is 5. The number of carbonyl (C=O) groups excluding carboxylic acids is 2. The molecule has 0 aliphatic carbocycles. The standard InChI is InChI=1S/C16H20BrNO4/c1-2-21-16(20)12-4-3-9-18(10-12)15(19)11-22-14-7-5-13(17)6-8-14/h5-8,12H,2-4,9-11H2,1H3. The molecule has 1 atom stereocenters. The summed E-state index contributed by atoms with van der Waals surface area (Å²) in [6, 6.07) is 7.32. The Morgan fingerprint density at radius 3 is 2.73 bits per heavy atom. The normalized spacial score (nSPS) is 17.9. The van der Waals surface area contributed by atoms with Crippen LogP contribution in [0.1, 0.15) is 19.8 Å². The zero-order chi connectivity index (χ0) is 15.9. The number of halogens is 1. The first-order valence-corrected chi connectivity index (χ1v) is 8.22. The van der Waals surface area contributed by atoms with Gasteiger partial charge in [0.2, 0.25) is 0 Å². The summed E-state index contributed by atoms with van der Waals surface area (Å²) < 4.78 is 11.5. The second kappa shape index (κ2) is 8.17. The fraction of sp³-hybridized carbons (Fsp3) is 0.500. The Kier molecular flexibility index (Phi) is 6.24. The number of nitrogens with zero attached hydrogens (tertiary/aromatic N) is 1. The average molecular weight is 370 g/mol. The third-order valence-electron chi connectivity index (χ3n) is 3.57. The molecule has 5 nitrogen and oxygen atoms in total. The number of benzene rings is 1. The van der Waals surface area contributed by atoms with Crippen LogP contribution < -0.4 is 4.74 Å². The van der Waals surface area contributed by atoms with Gasteiger partial charge in [-0.3, -0.25) is 9.59 Å². The van der Waals surface area contributed by atoms with Gasteiger partial charge in [-0.15, -0.1) is 0 Å². The predicted octanol–water partition coefficient (Wildman–Crippen LogP) is 2.63. The number of carbonyl (C=O) groups is 2. The van der Waals surface area contributed by atoms with E-state index in [1.807, 2.05) is 12.1 Å². The van der Waals surface area contributed by atoms with Crippen molar-refractivity contribution in [1.29, 1.82) is 0 Å². The van der Waals surface area contributed by atoms with Gasteiger partial charge in [0.15, 0.2) is 6.61 Å². The van der Waals surface area contributed by atoms with Crippen molar-refractivity contribution in [3.8, 4) is 5.75 Å². The van der Waals surface area contributed by atoms with Gasteiger partial charge in [0.1, 0.15) is 5.75 Å². The van der Waals surface area contributed by atoms with Gasteiger partial charge in [-0.05, 0) is 44.0 Å². The predicted molar refractivity (Wildman–Crippen MR) is 85.6 cm³/mol. The Balaban J connectivity index is 1.83. The van der Waals surface area contributed by atoms with E-state index in [4.69, 9.17) is 9.47 Å². The molecule has 22 heavy (non-hydrogen) atoms. The van der Waals surface area contributed by atoms with Crippen molar-refractivity contribution in [3.63, 3.8) is 0 Å². The highest BCUT2D eigenvalue weighted by Gasteiger charge is 2.29. The summed E-state index contributed by atoms with van der Waals surface area (Å²) in [7, 11) is 0. The van der Waals surface area contributed by atoms with E-state index in [0.29, 0.717) is 25.4 Å². The van der Waals surface area contributed by atoms with Crippen LogP contribution in [-0.2, 0) is 14.3 Å². The molecular formula is C16H20BrNO4. The highest BCUT2D eigenvalue weighted by atomic mass is 79.9. The number of hydrogen-bond donors (Lipinski definition) is 0. The summed E-state index contributed by atoms with van der Waals surface area (Å²) in [6.07, 6.45) is 1.59. The van der Waals surface area contributed by atoms with Crippen molar-refractivity contribution in [2.24, 2.45) is 5.92 Å². The van der Waals surface area contributed by atoms with E-state index >= 15 is 0 Å². The number of esters is 1. The lowest BCUT2D eigenvalue weighted by atomic mass is 9.98. The van der Waals surface area contributed by atoms with E-state index in [-0.39, 0.29) is 24.4 Å². The fourth-order valence-electron chi connectivity index (χ4n) is 2.42. The van der Waals surface area contributed by atoms with Gasteiger partial charge >= 0.3 is 5.97 Å². The topological polar surface area (TPSA) is 55.8 Å². The van der Waals surface area contributed by atoms with Gasteiger partial charge in [-0.1, -0.05) is 15.9 Å². The molecule has 2 rings (SSSR count). The van der Waals surface area contributed by atoms with Crippen molar-refractivity contribution in [2.45, 2.75) is 19.8 Å². The summed E-state index contributed by atoms with van der Waals surface area (Å²) in [5.74, 6) is 0.117. The monoisotopic (exact) mass is 369 g/mol. The Morgan fingerprint density at radius 2 is 2.05 bits per heavy atom. The smallest absolute Gasteiger partial charge is 0.310 e. The molecule has 1 amide bonds. The van der Waals surface area contributed by atoms with Crippen molar-refractivity contribution < 1.29 is 19.1 Å². The third-order valence-corrected chi connectivity index (χ3v) is 4.10. The molecule has 0 saturated carbocycles. The summed E-state index contributed by atoms with van der Waals surface area (Å²) >= 11 is 3.35. The van der Waals surface area contributed by atoms with E-state index in [9.17, 15) is 9.59 Å². The summed E-state index contributed by atoms with van der Waals surface area (Å²) in [5, 5.41) is 0. The van der Waals surface area contributed by atoms with Crippen LogP contribution in [0, 0.1) is 5.92 Å². The molecule has 120 valence electrons. The molecule has 1 heterocycles. The summed E-state index contributed by atoms with van der Waals surface area (Å²) in [6.45, 7) is 3.22. The van der Waals surface area contributed by atoms with Gasteiger partial charge < -0.3 is 14.4 Å². The van der Waals surface area contributed by atoms with E-state index in [2.05, 4.69) is 15.9 Å². The first-order valence-electron chi connectivity index (χ1n) is 7.43. The Bertz CT molecular complexity index is 517. The molecule has 1 aliphatic heterocycles. The average Bonchev–Trinajstić information content (AvgIpc) is 2.54. The van der Waals surface area contributed by atoms with Crippen LogP contribution in [0.3, 0.4) is 0 Å². The number of amides is 1. The Hall–Kier alpha value is -1.56. The second-order valence-electron chi connectivity index (χ2n) is 5.17. The van der Waals surface area contributed by atoms with Crippen molar-refractivity contribution in [3.05, 3.63) is 28.7 Å². The van der Waals surface area contributed by atoms with Gasteiger partial charge in [-0.2, -0.15) is 0 Å². The van der Waals surface area contributed by atoms with Gasteiger partial charge in [0.25, 0.3) is 5.91 Å². The molecule has 0 aromatic heterocycles. The van der Waals surface area contributed by atoms with Gasteiger partial charge in [-0.25, -0.2) is 0 Å². The minimum absolute atomic E-state index is 0.0167. The first-order chi connectivity index (χ1) is 10.6. The van der Waals surface area contributed by atoms with Crippen molar-refractivity contribution >= 4 is 27.8 Å². The summed E-state index contributed by atoms with van der Waals surface area (Å²) in [4.78, 5) is 25.7. The molecule has 1 aliphatic rings. The minimum atomic E-state index is -0.217. The number of hydrogen-bond acceptors (Lipinski definition) is 4. The van der Waals surface area contributed by atoms with E-state index in [1.54, 1.807) is 24.0 Å². The molecule has 0 N–H and O–H groups in total. The molecule has 1 unspecified atom stereocenters. The maximum atomic E-state index is 12.2. The van der Waals surface area contributed by atoms with E-state index in [1.165, 1.54) is 0 Å². The highest BCUT2D eigenvalue weighted by Crippen LogP contribution is 2.19. The van der Waals surface area contributed by atoms with Crippen LogP contribution in [0.25, 0.3) is 0 Å². The largest absolute Gasteiger partial charge is 0.484 e. The third kappa shape index (κ3) is 4.73. The molecule has 1 saturated heterocycles. The van der Waals surface area contributed by atoms with Crippen LogP contribution in [-0.4, -0.2) is 43.1 Å². The van der Waals surface area contributed by atoms with Crippen LogP contribution in [0.5, 0.6) is 5.75 Å². The van der Waals surface area contributed by atoms with Gasteiger partial charge in [0, 0.05) is 17.6 Å². The van der Waals surface area contributed by atoms with Crippen LogP contribution in [0.2, 0.25) is 0 Å². The molecule has 0 bridgehead atoms. The Morgan fingerprint density at radius 1 is 1.32 bits per heavy atom. The van der Waals surface area contributed by atoms with Gasteiger partial charge in [0.05, 0.1) is 12.5 Å². The first kappa shape index (κ1) is 16.8. The SMILES string of the molecule is CCOC(=O)C1CCCN(C(=O)COc2ccc(Br)cc2)C1. The number of ether oxygens (including phenoxy) is 2. The lowest BCUT2D eigenvalue weighted by Gasteiger charge is -2.31. The quantitative estimate of drug-likeness (QED) is 0.748. The highest BCUT2D eigenvalue weighted by molar-refractivity contribution is 9.10. The molecule has 1 fully saturated rings. The maximum absolute atomic E-state index is 12.2. The fourth-order valence-corrected chi connectivity index (χ4v) is 2.69. The van der Waals surface area contributed by atoms with E-state index in [0.717, 1.165) is 17.3 Å². The number of piperidine rings is 1. The summed E-state index contributed by atoms with van der Waals surface area (Å²) in [5.41, 5.74) is 0. The molecule has 6 heteroatoms. The zero-order valence-corrected chi connectivity index (χ0v) is 14.2. The maximum Gasteiger partial charge on any atom is 0.310 e. The molecule has 0 spiro atoms. The molecule has 1 aromatic rings. The molecular weight excluding hydrogens is 350 g/mol. The minimum Gasteiger partial charge on any atom is -0.484 e. The second-order valence-corrected chi connectivity index (χ2v) is 6.09. The van der Waals surface area contributed by atoms with Crippen LogP contribution >= 0.6 is 15.9 Å². The van der Waals surface area contributed by atoms with E-state index < -0.39 is 0 Å². The molecule has 1 aromatic carbocycles. The zero-order valence-electron chi connectivity index (χ0n) is 12.6.